The number of nitrogens with one attached hydrogen (secondary N) is 1. The van der Waals surface area contributed by atoms with Gasteiger partial charge in [-0.15, -0.1) is 0 Å². The van der Waals surface area contributed by atoms with Crippen molar-refractivity contribution in [3.05, 3.63) is 0 Å². The van der Waals surface area contributed by atoms with E-state index in [4.69, 9.17) is 4.74 Å². The highest BCUT2D eigenvalue weighted by molar-refractivity contribution is 4.71. The van der Waals surface area contributed by atoms with Gasteiger partial charge in [0.15, 0.2) is 0 Å². The van der Waals surface area contributed by atoms with E-state index in [-0.39, 0.29) is 0 Å². The number of nitrogens with zero attached hydrogens (tertiary/aromatic N) is 1. The van der Waals surface area contributed by atoms with Crippen LogP contribution in [-0.2, 0) is 4.74 Å². The Labute approximate surface area is 87.8 Å². The van der Waals surface area contributed by atoms with Crippen LogP contribution in [0.25, 0.3) is 0 Å². The molecule has 1 atom stereocenters. The van der Waals surface area contributed by atoms with Crippen LogP contribution < -0.4 is 5.32 Å². The molecule has 0 saturated carbocycles. The molecule has 1 saturated heterocycles. The summed E-state index contributed by atoms with van der Waals surface area (Å²) in [6.45, 7) is 6.47. The molecule has 0 amide bonds. The molecular weight excluding hydrogens is 176 g/mol. The minimum absolute atomic E-state index is 0.628. The Morgan fingerprint density at radius 3 is 2.64 bits per heavy atom. The van der Waals surface area contributed by atoms with Gasteiger partial charge in [0, 0.05) is 32.3 Å². The van der Waals surface area contributed by atoms with Crippen LogP contribution in [0.4, 0.5) is 0 Å². The van der Waals surface area contributed by atoms with Gasteiger partial charge in [-0.2, -0.15) is 0 Å². The highest BCUT2D eigenvalue weighted by Crippen LogP contribution is 2.16. The maximum Gasteiger partial charge on any atom is 0.0469 e. The van der Waals surface area contributed by atoms with E-state index < -0.39 is 0 Å². The fourth-order valence-electron chi connectivity index (χ4n) is 1.97. The molecule has 1 aliphatic rings. The van der Waals surface area contributed by atoms with Gasteiger partial charge in [0.2, 0.25) is 0 Å². The van der Waals surface area contributed by atoms with Crippen LogP contribution in [0.1, 0.15) is 19.8 Å². The molecule has 1 heterocycles. The third kappa shape index (κ3) is 3.95. The summed E-state index contributed by atoms with van der Waals surface area (Å²) in [7, 11) is 4.23. The first-order valence-electron chi connectivity index (χ1n) is 5.66. The molecule has 84 valence electrons. The summed E-state index contributed by atoms with van der Waals surface area (Å²) in [6, 6.07) is 0.628. The molecule has 0 aromatic rings. The monoisotopic (exact) mass is 200 g/mol. The van der Waals surface area contributed by atoms with Crippen molar-refractivity contribution >= 4 is 0 Å². The molecule has 0 spiro atoms. The van der Waals surface area contributed by atoms with Crippen molar-refractivity contribution in [2.75, 3.05) is 40.4 Å². The van der Waals surface area contributed by atoms with Gasteiger partial charge >= 0.3 is 0 Å². The van der Waals surface area contributed by atoms with Crippen molar-refractivity contribution in [1.29, 1.82) is 0 Å². The molecule has 1 rings (SSSR count). The summed E-state index contributed by atoms with van der Waals surface area (Å²) >= 11 is 0. The summed E-state index contributed by atoms with van der Waals surface area (Å²) in [5, 5.41) is 3.22. The highest BCUT2D eigenvalue weighted by Gasteiger charge is 2.17. The van der Waals surface area contributed by atoms with Crippen LogP contribution in [0.5, 0.6) is 0 Å². The predicted molar refractivity (Wildman–Crippen MR) is 59.6 cm³/mol. The third-order valence-corrected chi connectivity index (χ3v) is 3.14. The quantitative estimate of drug-likeness (QED) is 0.715. The fraction of sp³-hybridized carbons (Fsp3) is 1.00. The van der Waals surface area contributed by atoms with Gasteiger partial charge in [-0.25, -0.2) is 0 Å². The van der Waals surface area contributed by atoms with Gasteiger partial charge in [0.05, 0.1) is 0 Å². The molecule has 1 N–H and O–H groups in total. The maximum atomic E-state index is 5.36. The SMILES string of the molecule is CNCC(C)N(C)CC1CCOCC1. The normalized spacial score (nSPS) is 21.4. The zero-order valence-corrected chi connectivity index (χ0v) is 9.75. The van der Waals surface area contributed by atoms with Crippen molar-refractivity contribution < 1.29 is 4.74 Å². The van der Waals surface area contributed by atoms with E-state index in [1.54, 1.807) is 0 Å². The Hall–Kier alpha value is -0.120. The summed E-state index contributed by atoms with van der Waals surface area (Å²) in [5.74, 6) is 0.841. The molecule has 1 fully saturated rings. The smallest absolute Gasteiger partial charge is 0.0469 e. The van der Waals surface area contributed by atoms with E-state index in [1.807, 2.05) is 7.05 Å². The first-order chi connectivity index (χ1) is 6.74. The zero-order valence-electron chi connectivity index (χ0n) is 9.75. The van der Waals surface area contributed by atoms with E-state index in [0.717, 1.165) is 25.7 Å². The summed E-state index contributed by atoms with van der Waals surface area (Å²) in [5.41, 5.74) is 0. The molecule has 0 bridgehead atoms. The number of rotatable bonds is 5. The second-order valence-electron chi connectivity index (χ2n) is 4.40. The van der Waals surface area contributed by atoms with E-state index in [9.17, 15) is 0 Å². The van der Waals surface area contributed by atoms with E-state index in [2.05, 4.69) is 24.2 Å². The number of hydrogen-bond donors (Lipinski definition) is 1. The Morgan fingerprint density at radius 2 is 2.07 bits per heavy atom. The van der Waals surface area contributed by atoms with Gasteiger partial charge in [-0.05, 0) is 39.8 Å². The minimum atomic E-state index is 0.628. The van der Waals surface area contributed by atoms with Crippen LogP contribution in [-0.4, -0.2) is 51.3 Å². The average Bonchev–Trinajstić information content (AvgIpc) is 2.19. The number of likely N-dealkylation sites (N-methyl/N-ethyl adjacent to an activating group) is 2. The number of ether oxygens (including phenoxy) is 1. The average molecular weight is 200 g/mol. The fourth-order valence-corrected chi connectivity index (χ4v) is 1.97. The molecule has 0 aliphatic carbocycles. The van der Waals surface area contributed by atoms with Crippen LogP contribution in [0.15, 0.2) is 0 Å². The van der Waals surface area contributed by atoms with E-state index in [1.165, 1.54) is 19.4 Å². The third-order valence-electron chi connectivity index (χ3n) is 3.14. The van der Waals surface area contributed by atoms with Gasteiger partial charge in [-0.1, -0.05) is 0 Å². The van der Waals surface area contributed by atoms with Gasteiger partial charge in [0.25, 0.3) is 0 Å². The van der Waals surface area contributed by atoms with E-state index in [0.29, 0.717) is 6.04 Å². The Morgan fingerprint density at radius 1 is 1.43 bits per heavy atom. The second-order valence-corrected chi connectivity index (χ2v) is 4.40. The molecule has 0 aromatic heterocycles. The Bertz CT molecular complexity index is 146. The first kappa shape index (κ1) is 12.0. The topological polar surface area (TPSA) is 24.5 Å². The number of hydrogen-bond acceptors (Lipinski definition) is 3. The lowest BCUT2D eigenvalue weighted by molar-refractivity contribution is 0.0514. The van der Waals surface area contributed by atoms with Crippen molar-refractivity contribution in [2.24, 2.45) is 5.92 Å². The first-order valence-corrected chi connectivity index (χ1v) is 5.66. The minimum Gasteiger partial charge on any atom is -0.381 e. The van der Waals surface area contributed by atoms with Gasteiger partial charge in [0.1, 0.15) is 0 Å². The van der Waals surface area contributed by atoms with Crippen LogP contribution in [0, 0.1) is 5.92 Å². The lowest BCUT2D eigenvalue weighted by Crippen LogP contribution is -2.40. The predicted octanol–water partition coefficient (Wildman–Crippen LogP) is 0.953. The van der Waals surface area contributed by atoms with Crippen molar-refractivity contribution in [3.63, 3.8) is 0 Å². The molecule has 0 aromatic carbocycles. The second kappa shape index (κ2) is 6.38. The molecule has 1 aliphatic heterocycles. The molecular formula is C11H24N2O. The lowest BCUT2D eigenvalue weighted by atomic mass is 9.99. The van der Waals surface area contributed by atoms with Gasteiger partial charge < -0.3 is 15.0 Å². The van der Waals surface area contributed by atoms with Crippen LogP contribution in [0.2, 0.25) is 0 Å². The van der Waals surface area contributed by atoms with Gasteiger partial charge in [-0.3, -0.25) is 0 Å². The molecule has 3 nitrogen and oxygen atoms in total. The van der Waals surface area contributed by atoms with Crippen molar-refractivity contribution in [1.82, 2.24) is 10.2 Å². The van der Waals surface area contributed by atoms with Crippen LogP contribution >= 0.6 is 0 Å². The maximum absolute atomic E-state index is 5.36. The zero-order chi connectivity index (χ0) is 10.4. The molecule has 1 unspecified atom stereocenters. The summed E-state index contributed by atoms with van der Waals surface area (Å²) in [6.07, 6.45) is 2.47. The Kier molecular flexibility index (Phi) is 5.45. The summed E-state index contributed by atoms with van der Waals surface area (Å²) < 4.78 is 5.36. The standard InChI is InChI=1S/C11H24N2O/c1-10(8-12-2)13(3)9-11-4-6-14-7-5-11/h10-12H,4-9H2,1-3H3. The van der Waals surface area contributed by atoms with Crippen LogP contribution in [0.3, 0.4) is 0 Å². The molecule has 3 heteroatoms. The highest BCUT2D eigenvalue weighted by atomic mass is 16.5. The largest absolute Gasteiger partial charge is 0.381 e. The Balaban J connectivity index is 2.20. The lowest BCUT2D eigenvalue weighted by Gasteiger charge is -2.30. The molecule has 14 heavy (non-hydrogen) atoms. The van der Waals surface area contributed by atoms with E-state index >= 15 is 0 Å². The van der Waals surface area contributed by atoms with Crippen molar-refractivity contribution in [3.8, 4) is 0 Å². The van der Waals surface area contributed by atoms with Crippen molar-refractivity contribution in [2.45, 2.75) is 25.8 Å². The summed E-state index contributed by atoms with van der Waals surface area (Å²) in [4.78, 5) is 2.45. The molecule has 0 radical (unpaired) electrons.